The van der Waals surface area contributed by atoms with Crippen molar-refractivity contribution in [3.8, 4) is 0 Å². The largest absolute Gasteiger partial charge is 0.464 e. The van der Waals surface area contributed by atoms with Crippen molar-refractivity contribution in [2.24, 2.45) is 5.92 Å². The summed E-state index contributed by atoms with van der Waals surface area (Å²) >= 11 is 3.50. The lowest BCUT2D eigenvalue weighted by molar-refractivity contribution is -0.168. The molecule has 0 spiro atoms. The van der Waals surface area contributed by atoms with Crippen molar-refractivity contribution in [2.75, 3.05) is 13.2 Å². The highest BCUT2D eigenvalue weighted by Gasteiger charge is 2.54. The molecule has 0 aromatic rings. The van der Waals surface area contributed by atoms with Crippen molar-refractivity contribution in [1.82, 2.24) is 5.06 Å². The Morgan fingerprint density at radius 1 is 1.50 bits per heavy atom. The molecular weight excluding hydrogens is 250 g/mol. The molecule has 3 aliphatic rings. The Morgan fingerprint density at radius 3 is 3.21 bits per heavy atom. The molecule has 3 heterocycles. The van der Waals surface area contributed by atoms with E-state index in [-0.39, 0.29) is 28.9 Å². The number of alkyl halides is 1. The van der Waals surface area contributed by atoms with Crippen molar-refractivity contribution < 1.29 is 14.4 Å². The van der Waals surface area contributed by atoms with Gasteiger partial charge in [0, 0.05) is 6.54 Å². The molecule has 0 bridgehead atoms. The Bertz CT molecular complexity index is 273. The minimum absolute atomic E-state index is 0.0125. The Morgan fingerprint density at radius 2 is 2.36 bits per heavy atom. The number of carbonyl (C=O) groups excluding carboxylic acids is 1. The van der Waals surface area contributed by atoms with Crippen molar-refractivity contribution in [2.45, 2.75) is 29.8 Å². The standard InChI is InChI=1S/C9H12BrNO3/c10-5-4-13-9(12)7-6-2-1-3-11(6)14-8(5)7/h5-8H,1-4H2/t5-,6+,7+,8+/m0/s1. The van der Waals surface area contributed by atoms with Gasteiger partial charge in [0.05, 0.1) is 10.9 Å². The van der Waals surface area contributed by atoms with Crippen LogP contribution in [-0.4, -0.2) is 41.2 Å². The second kappa shape index (κ2) is 3.18. The predicted molar refractivity (Wildman–Crippen MR) is 51.8 cm³/mol. The van der Waals surface area contributed by atoms with Crippen LogP contribution in [0.1, 0.15) is 12.8 Å². The lowest BCUT2D eigenvalue weighted by Gasteiger charge is -2.28. The van der Waals surface area contributed by atoms with E-state index in [4.69, 9.17) is 9.57 Å². The fraction of sp³-hybridized carbons (Fsp3) is 0.889. The second-order valence-corrected chi connectivity index (χ2v) is 5.27. The molecule has 3 rings (SSSR count). The Balaban J connectivity index is 1.88. The molecule has 3 saturated heterocycles. The number of cyclic esters (lactones) is 1. The van der Waals surface area contributed by atoms with E-state index in [1.807, 2.05) is 5.06 Å². The Labute approximate surface area is 90.6 Å². The molecule has 0 unspecified atom stereocenters. The summed E-state index contributed by atoms with van der Waals surface area (Å²) in [5, 5.41) is 1.97. The van der Waals surface area contributed by atoms with E-state index in [1.165, 1.54) is 0 Å². The third-order valence-electron chi connectivity index (χ3n) is 3.29. The molecule has 3 aliphatic heterocycles. The summed E-state index contributed by atoms with van der Waals surface area (Å²) in [6, 6.07) is 0.257. The van der Waals surface area contributed by atoms with Gasteiger partial charge in [0.2, 0.25) is 0 Å². The van der Waals surface area contributed by atoms with Crippen LogP contribution in [0.5, 0.6) is 0 Å². The normalized spacial score (nSPS) is 47.4. The monoisotopic (exact) mass is 261 g/mol. The molecule has 4 nitrogen and oxygen atoms in total. The van der Waals surface area contributed by atoms with Crippen LogP contribution >= 0.6 is 15.9 Å². The zero-order valence-electron chi connectivity index (χ0n) is 7.69. The molecule has 78 valence electrons. The number of halogens is 1. The number of fused-ring (bicyclic) bond motifs is 3. The average molecular weight is 262 g/mol. The van der Waals surface area contributed by atoms with Crippen LogP contribution < -0.4 is 0 Å². The van der Waals surface area contributed by atoms with Crippen LogP contribution in [0.4, 0.5) is 0 Å². The molecule has 3 fully saturated rings. The Hall–Kier alpha value is -0.130. The van der Waals surface area contributed by atoms with Gasteiger partial charge in [0.15, 0.2) is 0 Å². The van der Waals surface area contributed by atoms with Crippen LogP contribution in [0.15, 0.2) is 0 Å². The molecule has 0 aliphatic carbocycles. The third kappa shape index (κ3) is 1.15. The van der Waals surface area contributed by atoms with Crippen molar-refractivity contribution in [1.29, 1.82) is 0 Å². The van der Waals surface area contributed by atoms with Gasteiger partial charge in [-0.25, -0.2) is 0 Å². The molecule has 0 saturated carbocycles. The van der Waals surface area contributed by atoms with Crippen LogP contribution in [0.2, 0.25) is 0 Å². The van der Waals surface area contributed by atoms with E-state index >= 15 is 0 Å². The van der Waals surface area contributed by atoms with E-state index in [1.54, 1.807) is 0 Å². The van der Waals surface area contributed by atoms with Crippen molar-refractivity contribution in [3.63, 3.8) is 0 Å². The maximum atomic E-state index is 11.6. The van der Waals surface area contributed by atoms with Gasteiger partial charge in [-0.3, -0.25) is 9.63 Å². The van der Waals surface area contributed by atoms with E-state index in [0.29, 0.717) is 6.61 Å². The van der Waals surface area contributed by atoms with Gasteiger partial charge in [-0.15, -0.1) is 0 Å². The van der Waals surface area contributed by atoms with E-state index in [2.05, 4.69) is 15.9 Å². The first kappa shape index (κ1) is 9.12. The topological polar surface area (TPSA) is 38.8 Å². The number of rotatable bonds is 0. The smallest absolute Gasteiger partial charge is 0.313 e. The summed E-state index contributed by atoms with van der Waals surface area (Å²) in [6.45, 7) is 1.38. The molecule has 0 N–H and O–H groups in total. The van der Waals surface area contributed by atoms with Gasteiger partial charge in [0.1, 0.15) is 18.6 Å². The Kier molecular flexibility index (Phi) is 2.07. The summed E-state index contributed by atoms with van der Waals surface area (Å²) < 4.78 is 5.12. The lowest BCUT2D eigenvalue weighted by atomic mass is 9.90. The third-order valence-corrected chi connectivity index (χ3v) is 4.07. The number of esters is 1. The predicted octanol–water partition coefficient (Wildman–Crippen LogP) is 0.701. The van der Waals surface area contributed by atoms with E-state index < -0.39 is 0 Å². The molecule has 4 atom stereocenters. The average Bonchev–Trinajstić information content (AvgIpc) is 2.70. The highest BCUT2D eigenvalue weighted by atomic mass is 79.9. The number of ether oxygens (including phenoxy) is 1. The summed E-state index contributed by atoms with van der Waals surface area (Å²) in [7, 11) is 0. The van der Waals surface area contributed by atoms with Gasteiger partial charge in [-0.05, 0) is 12.8 Å². The molecule has 0 radical (unpaired) electrons. The van der Waals surface area contributed by atoms with E-state index in [9.17, 15) is 4.79 Å². The van der Waals surface area contributed by atoms with Crippen molar-refractivity contribution in [3.05, 3.63) is 0 Å². The van der Waals surface area contributed by atoms with Gasteiger partial charge >= 0.3 is 5.97 Å². The second-order valence-electron chi connectivity index (χ2n) is 4.09. The van der Waals surface area contributed by atoms with Gasteiger partial charge in [-0.1, -0.05) is 15.9 Å². The summed E-state index contributed by atoms with van der Waals surface area (Å²) in [5.41, 5.74) is 0. The van der Waals surface area contributed by atoms with Gasteiger partial charge in [-0.2, -0.15) is 5.06 Å². The highest BCUT2D eigenvalue weighted by Crippen LogP contribution is 2.40. The van der Waals surface area contributed by atoms with E-state index in [0.717, 1.165) is 19.4 Å². The summed E-state index contributed by atoms with van der Waals surface area (Å²) in [4.78, 5) is 17.5. The first-order valence-electron chi connectivity index (χ1n) is 5.01. The van der Waals surface area contributed by atoms with Crippen LogP contribution in [0, 0.1) is 5.92 Å². The molecule has 0 aromatic heterocycles. The van der Waals surface area contributed by atoms with Crippen LogP contribution in [0.25, 0.3) is 0 Å². The fourth-order valence-electron chi connectivity index (χ4n) is 2.63. The molecule has 14 heavy (non-hydrogen) atoms. The molecular formula is C9H12BrNO3. The summed E-state index contributed by atoms with van der Waals surface area (Å²) in [5.74, 6) is -0.157. The molecule has 0 aromatic carbocycles. The first-order chi connectivity index (χ1) is 6.77. The molecule has 5 heteroatoms. The zero-order valence-corrected chi connectivity index (χ0v) is 9.27. The van der Waals surface area contributed by atoms with Crippen LogP contribution in [0.3, 0.4) is 0 Å². The fourth-order valence-corrected chi connectivity index (χ4v) is 3.19. The lowest BCUT2D eigenvalue weighted by Crippen LogP contribution is -2.45. The van der Waals surface area contributed by atoms with Gasteiger partial charge < -0.3 is 4.74 Å². The quantitative estimate of drug-likeness (QED) is 0.476. The first-order valence-corrected chi connectivity index (χ1v) is 5.93. The summed E-state index contributed by atoms with van der Waals surface area (Å²) in [6.07, 6.45) is 2.16. The van der Waals surface area contributed by atoms with Crippen molar-refractivity contribution >= 4 is 21.9 Å². The maximum Gasteiger partial charge on any atom is 0.313 e. The SMILES string of the molecule is O=C1OC[C@H](Br)[C@H]2ON3CCC[C@@H]3[C@@H]12. The number of hydroxylamine groups is 2. The highest BCUT2D eigenvalue weighted by molar-refractivity contribution is 9.09. The van der Waals surface area contributed by atoms with Crippen LogP contribution in [-0.2, 0) is 14.4 Å². The minimum Gasteiger partial charge on any atom is -0.464 e. The number of hydrogen-bond donors (Lipinski definition) is 0. The number of nitrogens with zero attached hydrogens (tertiary/aromatic N) is 1. The zero-order chi connectivity index (χ0) is 9.71. The maximum absolute atomic E-state index is 11.6. The van der Waals surface area contributed by atoms with Gasteiger partial charge in [0.25, 0.3) is 0 Å². The molecule has 0 amide bonds. The minimum atomic E-state index is -0.0832. The number of carbonyl (C=O) groups is 1. The number of hydrogen-bond acceptors (Lipinski definition) is 4.